The lowest BCUT2D eigenvalue weighted by Crippen LogP contribution is -2.24. The minimum atomic E-state index is -0.413. The molecule has 0 amide bonds. The van der Waals surface area contributed by atoms with Gasteiger partial charge in [-0.05, 0) is 12.3 Å². The first-order chi connectivity index (χ1) is 8.47. The second-order valence-corrected chi connectivity index (χ2v) is 4.58. The van der Waals surface area contributed by atoms with Crippen molar-refractivity contribution >= 4 is 11.4 Å². The lowest BCUT2D eigenvalue weighted by atomic mass is 10.0. The van der Waals surface area contributed by atoms with Crippen LogP contribution in [0.1, 0.15) is 27.2 Å². The molecule has 0 saturated heterocycles. The number of hydrogen-bond acceptors (Lipinski definition) is 4. The Bertz CT molecular complexity index is 419. The molecule has 0 bridgehead atoms. The summed E-state index contributed by atoms with van der Waals surface area (Å²) in [5.74, 6) is 0.950. The Kier molecular flexibility index (Phi) is 4.95. The van der Waals surface area contributed by atoms with Gasteiger partial charge in [0.15, 0.2) is 0 Å². The zero-order valence-electron chi connectivity index (χ0n) is 11.3. The first-order valence-corrected chi connectivity index (χ1v) is 6.08. The van der Waals surface area contributed by atoms with Crippen LogP contribution in [0, 0.1) is 16.0 Å². The van der Waals surface area contributed by atoms with E-state index in [4.69, 9.17) is 4.74 Å². The monoisotopic (exact) mass is 252 g/mol. The van der Waals surface area contributed by atoms with Gasteiger partial charge in [0.25, 0.3) is 5.69 Å². The van der Waals surface area contributed by atoms with Gasteiger partial charge in [-0.25, -0.2) is 0 Å². The van der Waals surface area contributed by atoms with E-state index in [9.17, 15) is 10.1 Å². The van der Waals surface area contributed by atoms with Crippen LogP contribution < -0.4 is 10.1 Å². The second kappa shape index (κ2) is 6.23. The Morgan fingerprint density at radius 1 is 1.39 bits per heavy atom. The van der Waals surface area contributed by atoms with Gasteiger partial charge < -0.3 is 10.1 Å². The number of nitro groups is 1. The summed E-state index contributed by atoms with van der Waals surface area (Å²) in [7, 11) is 1.50. The normalized spacial score (nSPS) is 12.3. The minimum absolute atomic E-state index is 0.0375. The number of ether oxygens (including phenoxy) is 1. The third kappa shape index (κ3) is 3.61. The molecule has 1 rings (SSSR count). The smallest absolute Gasteiger partial charge is 0.275 e. The lowest BCUT2D eigenvalue weighted by molar-refractivity contribution is -0.384. The van der Waals surface area contributed by atoms with Crippen LogP contribution in [-0.2, 0) is 0 Å². The molecule has 5 nitrogen and oxygen atoms in total. The Morgan fingerprint density at radius 2 is 2.06 bits per heavy atom. The average Bonchev–Trinajstić information content (AvgIpc) is 2.34. The molecule has 1 atom stereocenters. The van der Waals surface area contributed by atoms with Gasteiger partial charge in [0.1, 0.15) is 5.75 Å². The maximum Gasteiger partial charge on any atom is 0.275 e. The van der Waals surface area contributed by atoms with Crippen molar-refractivity contribution in [1.29, 1.82) is 0 Å². The van der Waals surface area contributed by atoms with E-state index >= 15 is 0 Å². The summed E-state index contributed by atoms with van der Waals surface area (Å²) in [4.78, 5) is 10.4. The van der Waals surface area contributed by atoms with Crippen LogP contribution in [0.2, 0.25) is 0 Å². The number of non-ortho nitro benzene ring substituents is 1. The fourth-order valence-electron chi connectivity index (χ4n) is 1.84. The summed E-state index contributed by atoms with van der Waals surface area (Å²) in [5.41, 5.74) is 0.761. The SMILES string of the molecule is CCC(Nc1cc(OC)cc([N+](=O)[O-])c1)C(C)C. The van der Waals surface area contributed by atoms with E-state index in [1.807, 2.05) is 0 Å². The number of methoxy groups -OCH3 is 1. The number of hydrogen-bond donors (Lipinski definition) is 1. The van der Waals surface area contributed by atoms with E-state index in [1.54, 1.807) is 6.07 Å². The van der Waals surface area contributed by atoms with Crippen molar-refractivity contribution in [2.75, 3.05) is 12.4 Å². The molecule has 1 unspecified atom stereocenters. The molecule has 0 fully saturated rings. The van der Waals surface area contributed by atoms with E-state index in [0.717, 1.165) is 12.1 Å². The van der Waals surface area contributed by atoms with Gasteiger partial charge in [-0.3, -0.25) is 10.1 Å². The molecule has 100 valence electrons. The number of anilines is 1. The van der Waals surface area contributed by atoms with Gasteiger partial charge in [0.05, 0.1) is 18.1 Å². The fraction of sp³-hybridized carbons (Fsp3) is 0.538. The zero-order chi connectivity index (χ0) is 13.7. The van der Waals surface area contributed by atoms with Crippen LogP contribution >= 0.6 is 0 Å². The van der Waals surface area contributed by atoms with Gasteiger partial charge in [-0.1, -0.05) is 20.8 Å². The van der Waals surface area contributed by atoms with Crippen molar-refractivity contribution in [3.05, 3.63) is 28.3 Å². The number of nitro benzene ring substituents is 1. The maximum atomic E-state index is 10.8. The Morgan fingerprint density at radius 3 is 2.50 bits per heavy atom. The predicted octanol–water partition coefficient (Wildman–Crippen LogP) is 3.45. The van der Waals surface area contributed by atoms with E-state index < -0.39 is 4.92 Å². The predicted molar refractivity (Wildman–Crippen MR) is 72.2 cm³/mol. The van der Waals surface area contributed by atoms with E-state index in [1.165, 1.54) is 19.2 Å². The van der Waals surface area contributed by atoms with Gasteiger partial charge in [-0.15, -0.1) is 0 Å². The van der Waals surface area contributed by atoms with Crippen LogP contribution in [0.3, 0.4) is 0 Å². The van der Waals surface area contributed by atoms with E-state index in [2.05, 4.69) is 26.1 Å². The highest BCUT2D eigenvalue weighted by Crippen LogP contribution is 2.27. The molecular formula is C13H20N2O3. The Balaban J connectivity index is 3.00. The molecular weight excluding hydrogens is 232 g/mol. The summed E-state index contributed by atoms with van der Waals surface area (Å²) in [5, 5.41) is 14.1. The summed E-state index contributed by atoms with van der Waals surface area (Å²) in [6.07, 6.45) is 0.961. The fourth-order valence-corrected chi connectivity index (χ4v) is 1.84. The molecule has 0 saturated carbocycles. The van der Waals surface area contributed by atoms with Crippen molar-refractivity contribution < 1.29 is 9.66 Å². The Labute approximate surface area is 107 Å². The molecule has 0 radical (unpaired) electrons. The maximum absolute atomic E-state index is 10.8. The number of rotatable bonds is 6. The van der Waals surface area contributed by atoms with Crippen LogP contribution in [0.15, 0.2) is 18.2 Å². The first kappa shape index (κ1) is 14.3. The number of nitrogens with one attached hydrogen (secondary N) is 1. The standard InChI is InChI=1S/C13H20N2O3/c1-5-13(9(2)3)14-10-6-11(15(16)17)8-12(7-10)18-4/h6-9,13-14H,5H2,1-4H3. The van der Waals surface area contributed by atoms with Crippen molar-refractivity contribution in [2.45, 2.75) is 33.2 Å². The molecule has 1 aromatic carbocycles. The van der Waals surface area contributed by atoms with Crippen molar-refractivity contribution in [3.8, 4) is 5.75 Å². The third-order valence-electron chi connectivity index (χ3n) is 2.93. The lowest BCUT2D eigenvalue weighted by Gasteiger charge is -2.22. The molecule has 0 aliphatic rings. The summed E-state index contributed by atoms with van der Waals surface area (Å²) >= 11 is 0. The third-order valence-corrected chi connectivity index (χ3v) is 2.93. The summed E-state index contributed by atoms with van der Waals surface area (Å²) < 4.78 is 5.08. The summed E-state index contributed by atoms with van der Waals surface area (Å²) in [6, 6.07) is 5.02. The highest BCUT2D eigenvalue weighted by Gasteiger charge is 2.14. The van der Waals surface area contributed by atoms with Crippen molar-refractivity contribution in [2.24, 2.45) is 5.92 Å². The molecule has 5 heteroatoms. The molecule has 0 heterocycles. The van der Waals surface area contributed by atoms with Gasteiger partial charge >= 0.3 is 0 Å². The molecule has 0 aromatic heterocycles. The van der Waals surface area contributed by atoms with E-state index in [-0.39, 0.29) is 11.7 Å². The molecule has 0 spiro atoms. The van der Waals surface area contributed by atoms with Crippen molar-refractivity contribution in [1.82, 2.24) is 0 Å². The molecule has 0 aliphatic carbocycles. The highest BCUT2D eigenvalue weighted by atomic mass is 16.6. The van der Waals surface area contributed by atoms with Gasteiger partial charge in [0.2, 0.25) is 0 Å². The highest BCUT2D eigenvalue weighted by molar-refractivity contribution is 5.56. The largest absolute Gasteiger partial charge is 0.496 e. The molecule has 1 aromatic rings. The quantitative estimate of drug-likeness (QED) is 0.622. The molecule has 18 heavy (non-hydrogen) atoms. The molecule has 0 aliphatic heterocycles. The summed E-state index contributed by atoms with van der Waals surface area (Å²) in [6.45, 7) is 6.33. The number of benzene rings is 1. The zero-order valence-corrected chi connectivity index (χ0v) is 11.3. The molecule has 1 N–H and O–H groups in total. The number of nitrogens with zero attached hydrogens (tertiary/aromatic N) is 1. The van der Waals surface area contributed by atoms with Crippen LogP contribution in [0.5, 0.6) is 5.75 Å². The van der Waals surface area contributed by atoms with E-state index in [0.29, 0.717) is 11.7 Å². The average molecular weight is 252 g/mol. The minimum Gasteiger partial charge on any atom is -0.496 e. The Hall–Kier alpha value is -1.78. The van der Waals surface area contributed by atoms with Crippen LogP contribution in [0.4, 0.5) is 11.4 Å². The van der Waals surface area contributed by atoms with Crippen LogP contribution in [-0.4, -0.2) is 18.1 Å². The topological polar surface area (TPSA) is 64.4 Å². The van der Waals surface area contributed by atoms with Crippen molar-refractivity contribution in [3.63, 3.8) is 0 Å². The second-order valence-electron chi connectivity index (χ2n) is 4.58. The first-order valence-electron chi connectivity index (χ1n) is 6.08. The van der Waals surface area contributed by atoms with Crippen LogP contribution in [0.25, 0.3) is 0 Å². The van der Waals surface area contributed by atoms with Gasteiger partial charge in [0, 0.05) is 23.9 Å². The van der Waals surface area contributed by atoms with Gasteiger partial charge in [-0.2, -0.15) is 0 Å².